The quantitative estimate of drug-likeness (QED) is 0.777. The van der Waals surface area contributed by atoms with E-state index < -0.39 is 0 Å². The van der Waals surface area contributed by atoms with E-state index >= 15 is 0 Å². The van der Waals surface area contributed by atoms with Gasteiger partial charge in [0.15, 0.2) is 0 Å². The summed E-state index contributed by atoms with van der Waals surface area (Å²) >= 11 is 0. The molecule has 0 bridgehead atoms. The van der Waals surface area contributed by atoms with Crippen LogP contribution in [0, 0.1) is 18.8 Å². The van der Waals surface area contributed by atoms with Crippen LogP contribution in [0.25, 0.3) is 0 Å². The average Bonchev–Trinajstić information content (AvgIpc) is 2.92. The van der Waals surface area contributed by atoms with E-state index in [0.29, 0.717) is 23.6 Å². The first-order valence-corrected chi connectivity index (χ1v) is 8.80. The van der Waals surface area contributed by atoms with Crippen LogP contribution in [0.15, 0.2) is 24.3 Å². The Labute approximate surface area is 139 Å². The molecule has 3 fully saturated rings. The van der Waals surface area contributed by atoms with Crippen LogP contribution in [0.1, 0.15) is 44.7 Å². The van der Waals surface area contributed by atoms with Crippen molar-refractivity contribution >= 4 is 7.12 Å². The lowest BCUT2D eigenvalue weighted by Crippen LogP contribution is -2.49. The van der Waals surface area contributed by atoms with Crippen LogP contribution in [0.2, 0.25) is 5.82 Å². The monoisotopic (exact) mass is 314 g/mol. The Morgan fingerprint density at radius 3 is 2.09 bits per heavy atom. The predicted octanol–water partition coefficient (Wildman–Crippen LogP) is 3.82. The Balaban J connectivity index is 1.63. The summed E-state index contributed by atoms with van der Waals surface area (Å²) in [6.07, 6.45) is 0. The molecular formula is C19H27BO3. The second-order valence-electron chi connectivity index (χ2n) is 8.50. The van der Waals surface area contributed by atoms with Crippen molar-refractivity contribution in [3.8, 4) is 0 Å². The molecule has 4 atom stereocenters. The van der Waals surface area contributed by atoms with Crippen LogP contribution in [-0.4, -0.2) is 31.5 Å². The van der Waals surface area contributed by atoms with Crippen molar-refractivity contribution in [1.82, 2.24) is 0 Å². The molecule has 124 valence electrons. The molecule has 4 rings (SSSR count). The number of hydrogen-bond acceptors (Lipinski definition) is 3. The van der Waals surface area contributed by atoms with Crippen LogP contribution in [0.3, 0.4) is 0 Å². The molecule has 0 unspecified atom stereocenters. The molecule has 1 aliphatic carbocycles. The van der Waals surface area contributed by atoms with E-state index in [2.05, 4.69) is 58.9 Å². The topological polar surface area (TPSA) is 27.7 Å². The number of ether oxygens (including phenoxy) is 1. The van der Waals surface area contributed by atoms with Gasteiger partial charge in [0.1, 0.15) is 0 Å². The molecule has 0 spiro atoms. The Bertz CT molecular complexity index is 579. The van der Waals surface area contributed by atoms with E-state index in [4.69, 9.17) is 14.0 Å². The minimum absolute atomic E-state index is 0.130. The summed E-state index contributed by atoms with van der Waals surface area (Å²) in [6, 6.07) is 8.96. The summed E-state index contributed by atoms with van der Waals surface area (Å²) in [4.78, 5) is 0. The van der Waals surface area contributed by atoms with Crippen LogP contribution in [-0.2, 0) is 14.0 Å². The molecule has 0 amide bonds. The van der Waals surface area contributed by atoms with Crippen molar-refractivity contribution in [3.63, 3.8) is 0 Å². The smallest absolute Gasteiger partial charge is 0.403 e. The minimum Gasteiger partial charge on any atom is -0.403 e. The van der Waals surface area contributed by atoms with Gasteiger partial charge in [0.25, 0.3) is 0 Å². The van der Waals surface area contributed by atoms with Gasteiger partial charge in [-0.3, -0.25) is 0 Å². The van der Waals surface area contributed by atoms with Crippen LogP contribution < -0.4 is 0 Å². The standard InChI is InChI=1S/C19H27BO3/c1-12-6-8-13(9-7-12)16-14-10-21-11-15(14)17(16)20-22-18(2,3)19(4,5)23-20/h6-9,14-17H,10-11H2,1-5H3/t14-,15+,16+,17-/m1/s1. The molecular weight excluding hydrogens is 287 g/mol. The number of rotatable bonds is 2. The predicted molar refractivity (Wildman–Crippen MR) is 91.6 cm³/mol. The third-order valence-electron chi connectivity index (χ3n) is 6.59. The van der Waals surface area contributed by atoms with E-state index in [0.717, 1.165) is 13.2 Å². The maximum absolute atomic E-state index is 6.37. The molecule has 1 aromatic carbocycles. The highest BCUT2D eigenvalue weighted by molar-refractivity contribution is 6.48. The van der Waals surface area contributed by atoms with Crippen molar-refractivity contribution in [1.29, 1.82) is 0 Å². The van der Waals surface area contributed by atoms with Gasteiger partial charge in [-0.25, -0.2) is 0 Å². The van der Waals surface area contributed by atoms with E-state index in [-0.39, 0.29) is 18.3 Å². The number of benzene rings is 1. The summed E-state index contributed by atoms with van der Waals surface area (Å²) in [5, 5.41) is 0. The molecule has 0 N–H and O–H groups in total. The first-order valence-electron chi connectivity index (χ1n) is 8.80. The van der Waals surface area contributed by atoms with Crippen molar-refractivity contribution < 1.29 is 14.0 Å². The summed E-state index contributed by atoms with van der Waals surface area (Å²) in [6.45, 7) is 12.4. The summed E-state index contributed by atoms with van der Waals surface area (Å²) in [7, 11) is -0.130. The highest BCUT2D eigenvalue weighted by Gasteiger charge is 2.64. The molecule has 0 radical (unpaired) electrons. The fourth-order valence-electron chi connectivity index (χ4n) is 4.44. The third-order valence-corrected chi connectivity index (χ3v) is 6.59. The molecule has 2 saturated heterocycles. The van der Waals surface area contributed by atoms with Crippen LogP contribution in [0.4, 0.5) is 0 Å². The zero-order valence-electron chi connectivity index (χ0n) is 14.8. The molecule has 2 heterocycles. The molecule has 4 heteroatoms. The van der Waals surface area contributed by atoms with E-state index in [9.17, 15) is 0 Å². The molecule has 1 aromatic rings. The first kappa shape index (κ1) is 15.7. The van der Waals surface area contributed by atoms with E-state index in [1.165, 1.54) is 11.1 Å². The van der Waals surface area contributed by atoms with Gasteiger partial charge in [-0.15, -0.1) is 0 Å². The van der Waals surface area contributed by atoms with Gasteiger partial charge in [0.05, 0.1) is 17.8 Å². The van der Waals surface area contributed by atoms with Gasteiger partial charge in [-0.05, 0) is 57.9 Å². The SMILES string of the molecule is Cc1ccc([C@H]2[C@@H]3COC[C@@H]3[C@H]2B2OC(C)(C)C(C)(C)O2)cc1. The Morgan fingerprint density at radius 2 is 1.48 bits per heavy atom. The minimum atomic E-state index is -0.264. The van der Waals surface area contributed by atoms with Crippen LogP contribution in [0.5, 0.6) is 0 Å². The zero-order valence-corrected chi connectivity index (χ0v) is 14.8. The van der Waals surface area contributed by atoms with Crippen molar-refractivity contribution in [2.75, 3.05) is 13.2 Å². The van der Waals surface area contributed by atoms with Gasteiger partial charge < -0.3 is 14.0 Å². The second kappa shape index (κ2) is 5.08. The first-order chi connectivity index (χ1) is 10.8. The third kappa shape index (κ3) is 2.30. The number of aryl methyl sites for hydroxylation is 1. The normalized spacial score (nSPS) is 37.5. The number of hydrogen-bond donors (Lipinski definition) is 0. The van der Waals surface area contributed by atoms with E-state index in [1.807, 2.05) is 0 Å². The molecule has 3 nitrogen and oxygen atoms in total. The van der Waals surface area contributed by atoms with Crippen molar-refractivity contribution in [2.24, 2.45) is 11.8 Å². The highest BCUT2D eigenvalue weighted by atomic mass is 16.7. The summed E-state index contributed by atoms with van der Waals surface area (Å²) in [5.74, 6) is 2.06. The highest BCUT2D eigenvalue weighted by Crippen LogP contribution is 2.62. The van der Waals surface area contributed by atoms with Gasteiger partial charge in [0, 0.05) is 12.4 Å². The Hall–Kier alpha value is -0.835. The van der Waals surface area contributed by atoms with Gasteiger partial charge >= 0.3 is 7.12 Å². The molecule has 23 heavy (non-hydrogen) atoms. The van der Waals surface area contributed by atoms with E-state index in [1.54, 1.807) is 0 Å². The lowest BCUT2D eigenvalue weighted by atomic mass is 9.43. The number of fused-ring (bicyclic) bond motifs is 1. The summed E-state index contributed by atoms with van der Waals surface area (Å²) < 4.78 is 18.5. The van der Waals surface area contributed by atoms with Crippen LogP contribution >= 0.6 is 0 Å². The molecule has 1 saturated carbocycles. The Morgan fingerprint density at radius 1 is 0.913 bits per heavy atom. The fourth-order valence-corrected chi connectivity index (χ4v) is 4.44. The average molecular weight is 314 g/mol. The van der Waals surface area contributed by atoms with Crippen molar-refractivity contribution in [2.45, 2.75) is 57.6 Å². The van der Waals surface area contributed by atoms with Gasteiger partial charge in [-0.2, -0.15) is 0 Å². The maximum Gasteiger partial charge on any atom is 0.462 e. The lowest BCUT2D eigenvalue weighted by Gasteiger charge is -2.48. The fraction of sp³-hybridized carbons (Fsp3) is 0.684. The molecule has 3 aliphatic rings. The largest absolute Gasteiger partial charge is 0.462 e. The lowest BCUT2D eigenvalue weighted by molar-refractivity contribution is 0.00578. The maximum atomic E-state index is 6.37. The Kier molecular flexibility index (Phi) is 3.46. The molecule has 2 aliphatic heterocycles. The zero-order chi connectivity index (χ0) is 16.4. The van der Waals surface area contributed by atoms with Gasteiger partial charge in [-0.1, -0.05) is 29.8 Å². The molecule has 0 aromatic heterocycles. The van der Waals surface area contributed by atoms with Gasteiger partial charge in [0.2, 0.25) is 0 Å². The summed E-state index contributed by atoms with van der Waals surface area (Å²) in [5.41, 5.74) is 2.18. The second-order valence-corrected chi connectivity index (χ2v) is 8.50. The van der Waals surface area contributed by atoms with Crippen molar-refractivity contribution in [3.05, 3.63) is 35.4 Å².